The molecule has 0 aromatic carbocycles. The Balaban J connectivity index is 3.94. The van der Waals surface area contributed by atoms with Crippen LogP contribution in [0, 0.1) is 0 Å². The molecule has 5 nitrogen and oxygen atoms in total. The van der Waals surface area contributed by atoms with E-state index in [1.54, 1.807) is 37.6 Å². The van der Waals surface area contributed by atoms with Gasteiger partial charge < -0.3 is 15.3 Å². The van der Waals surface area contributed by atoms with Crippen molar-refractivity contribution in [3.63, 3.8) is 0 Å². The third-order valence-electron chi connectivity index (χ3n) is 2.31. The van der Waals surface area contributed by atoms with Gasteiger partial charge in [0.2, 0.25) is 0 Å². The van der Waals surface area contributed by atoms with E-state index in [0.29, 0.717) is 13.1 Å². The fourth-order valence-corrected chi connectivity index (χ4v) is 1.15. The molecule has 5 heteroatoms. The average Bonchev–Trinajstić information content (AvgIpc) is 2.02. The van der Waals surface area contributed by atoms with Crippen molar-refractivity contribution in [2.24, 2.45) is 0 Å². The van der Waals surface area contributed by atoms with Gasteiger partial charge in [0.05, 0.1) is 0 Å². The van der Waals surface area contributed by atoms with Crippen molar-refractivity contribution >= 4 is 0 Å². The summed E-state index contributed by atoms with van der Waals surface area (Å²) < 4.78 is 0. The molecule has 0 radical (unpaired) electrons. The Kier molecular flexibility index (Phi) is 6.22. The summed E-state index contributed by atoms with van der Waals surface area (Å²) in [6, 6.07) is 0. The van der Waals surface area contributed by atoms with E-state index < -0.39 is 18.7 Å². The van der Waals surface area contributed by atoms with E-state index in [2.05, 4.69) is 0 Å². The molecule has 0 rings (SSSR count). The van der Waals surface area contributed by atoms with Crippen molar-refractivity contribution in [2.75, 3.05) is 20.1 Å². The largest absolute Gasteiger partial charge is 0.379 e. The van der Waals surface area contributed by atoms with Gasteiger partial charge in [0, 0.05) is 13.1 Å². The summed E-state index contributed by atoms with van der Waals surface area (Å²) in [5.41, 5.74) is 0. The first-order valence-electron chi connectivity index (χ1n) is 4.86. The molecule has 0 amide bonds. The van der Waals surface area contributed by atoms with Crippen LogP contribution in [-0.2, 0) is 0 Å². The molecule has 0 spiro atoms. The lowest BCUT2D eigenvalue weighted by Gasteiger charge is -2.30. The minimum absolute atomic E-state index is 0.511. The third kappa shape index (κ3) is 4.88. The van der Waals surface area contributed by atoms with Crippen LogP contribution in [-0.4, -0.2) is 63.9 Å². The summed E-state index contributed by atoms with van der Waals surface area (Å²) >= 11 is 0. The number of hydrogen-bond acceptors (Lipinski definition) is 5. The van der Waals surface area contributed by atoms with Gasteiger partial charge >= 0.3 is 0 Å². The first-order chi connectivity index (χ1) is 6.36. The SMILES string of the molecule is CC(O)N(C)CCN(C(C)O)C(C)O. The van der Waals surface area contributed by atoms with Gasteiger partial charge in [0.15, 0.2) is 0 Å². The van der Waals surface area contributed by atoms with Gasteiger partial charge in [-0.15, -0.1) is 0 Å². The maximum Gasteiger partial charge on any atom is 0.106 e. The standard InChI is InChI=1S/C9H22N2O3/c1-7(12)10(4)5-6-11(8(2)13)9(3)14/h7-9,12-14H,5-6H2,1-4H3. The van der Waals surface area contributed by atoms with E-state index in [1.807, 2.05) is 0 Å². The lowest BCUT2D eigenvalue weighted by molar-refractivity contribution is -0.0912. The summed E-state index contributed by atoms with van der Waals surface area (Å²) in [5, 5.41) is 27.8. The number of rotatable bonds is 6. The fraction of sp³-hybridized carbons (Fsp3) is 1.00. The van der Waals surface area contributed by atoms with Crippen molar-refractivity contribution in [3.8, 4) is 0 Å². The Morgan fingerprint density at radius 3 is 1.57 bits per heavy atom. The highest BCUT2D eigenvalue weighted by molar-refractivity contribution is 4.62. The van der Waals surface area contributed by atoms with Crippen LogP contribution in [0.2, 0.25) is 0 Å². The fourth-order valence-electron chi connectivity index (χ4n) is 1.15. The van der Waals surface area contributed by atoms with Gasteiger partial charge in [0.1, 0.15) is 18.7 Å². The zero-order chi connectivity index (χ0) is 11.3. The summed E-state index contributed by atoms with van der Waals surface area (Å²) in [7, 11) is 1.78. The Hall–Kier alpha value is -0.200. The van der Waals surface area contributed by atoms with Crippen LogP contribution in [0.15, 0.2) is 0 Å². The molecule has 0 aliphatic carbocycles. The highest BCUT2D eigenvalue weighted by Gasteiger charge is 2.16. The van der Waals surface area contributed by atoms with E-state index >= 15 is 0 Å². The topological polar surface area (TPSA) is 67.2 Å². The van der Waals surface area contributed by atoms with Crippen LogP contribution in [0.4, 0.5) is 0 Å². The maximum absolute atomic E-state index is 9.32. The summed E-state index contributed by atoms with van der Waals surface area (Å²) in [5.74, 6) is 0. The second-order valence-corrected chi connectivity index (χ2v) is 3.61. The number of hydrogen-bond donors (Lipinski definition) is 3. The summed E-state index contributed by atoms with van der Waals surface area (Å²) in [6.45, 7) is 5.99. The lowest BCUT2D eigenvalue weighted by atomic mass is 10.4. The first kappa shape index (κ1) is 13.8. The molecule has 0 aromatic rings. The van der Waals surface area contributed by atoms with Crippen LogP contribution < -0.4 is 0 Å². The molecule has 86 valence electrons. The molecule has 3 atom stereocenters. The molecule has 14 heavy (non-hydrogen) atoms. The Morgan fingerprint density at radius 1 is 0.857 bits per heavy atom. The molecule has 0 fully saturated rings. The van der Waals surface area contributed by atoms with Crippen LogP contribution in [0.1, 0.15) is 20.8 Å². The molecule has 0 saturated heterocycles. The third-order valence-corrected chi connectivity index (χ3v) is 2.31. The predicted molar refractivity (Wildman–Crippen MR) is 54.4 cm³/mol. The second kappa shape index (κ2) is 6.31. The van der Waals surface area contributed by atoms with Crippen molar-refractivity contribution in [3.05, 3.63) is 0 Å². The highest BCUT2D eigenvalue weighted by Crippen LogP contribution is 2.01. The molecular formula is C9H22N2O3. The zero-order valence-corrected chi connectivity index (χ0v) is 9.38. The molecule has 0 aliphatic rings. The number of likely N-dealkylation sites (N-methyl/N-ethyl adjacent to an activating group) is 1. The molecule has 0 bridgehead atoms. The molecule has 3 unspecified atom stereocenters. The average molecular weight is 206 g/mol. The molecular weight excluding hydrogens is 184 g/mol. The van der Waals surface area contributed by atoms with E-state index in [-0.39, 0.29) is 0 Å². The summed E-state index contributed by atoms with van der Waals surface area (Å²) in [6.07, 6.45) is -1.88. The predicted octanol–water partition coefficient (Wildman–Crippen LogP) is -0.765. The van der Waals surface area contributed by atoms with E-state index in [1.165, 1.54) is 0 Å². The smallest absolute Gasteiger partial charge is 0.106 e. The van der Waals surface area contributed by atoms with Gasteiger partial charge in [-0.1, -0.05) is 0 Å². The highest BCUT2D eigenvalue weighted by atomic mass is 16.3. The minimum atomic E-state index is -0.683. The van der Waals surface area contributed by atoms with Crippen LogP contribution in [0.3, 0.4) is 0 Å². The quantitative estimate of drug-likeness (QED) is 0.498. The normalized spacial score (nSPS) is 18.6. The Morgan fingerprint density at radius 2 is 1.29 bits per heavy atom. The monoisotopic (exact) mass is 206 g/mol. The van der Waals surface area contributed by atoms with Gasteiger partial charge in [-0.3, -0.25) is 9.80 Å². The first-order valence-corrected chi connectivity index (χ1v) is 4.86. The van der Waals surface area contributed by atoms with Gasteiger partial charge in [-0.2, -0.15) is 0 Å². The van der Waals surface area contributed by atoms with E-state index in [4.69, 9.17) is 0 Å². The molecule has 0 aromatic heterocycles. The van der Waals surface area contributed by atoms with Gasteiger partial charge in [0.25, 0.3) is 0 Å². The number of aliphatic hydroxyl groups excluding tert-OH is 3. The molecule has 3 N–H and O–H groups in total. The van der Waals surface area contributed by atoms with Crippen molar-refractivity contribution < 1.29 is 15.3 Å². The zero-order valence-electron chi connectivity index (χ0n) is 9.38. The van der Waals surface area contributed by atoms with Crippen molar-refractivity contribution in [2.45, 2.75) is 39.5 Å². The maximum atomic E-state index is 9.32. The van der Waals surface area contributed by atoms with Crippen molar-refractivity contribution in [1.29, 1.82) is 0 Å². The van der Waals surface area contributed by atoms with Crippen molar-refractivity contribution in [1.82, 2.24) is 9.80 Å². The second-order valence-electron chi connectivity index (χ2n) is 3.61. The molecule has 0 heterocycles. The molecule has 0 aliphatic heterocycles. The van der Waals surface area contributed by atoms with Crippen LogP contribution >= 0.6 is 0 Å². The lowest BCUT2D eigenvalue weighted by Crippen LogP contribution is -2.45. The van der Waals surface area contributed by atoms with Gasteiger partial charge in [-0.05, 0) is 27.8 Å². The number of nitrogens with zero attached hydrogens (tertiary/aromatic N) is 2. The van der Waals surface area contributed by atoms with Gasteiger partial charge in [-0.25, -0.2) is 0 Å². The number of aliphatic hydroxyl groups is 3. The van der Waals surface area contributed by atoms with Crippen LogP contribution in [0.25, 0.3) is 0 Å². The Labute approximate surface area is 85.6 Å². The van der Waals surface area contributed by atoms with Crippen LogP contribution in [0.5, 0.6) is 0 Å². The van der Waals surface area contributed by atoms with E-state index in [0.717, 1.165) is 0 Å². The minimum Gasteiger partial charge on any atom is -0.379 e. The van der Waals surface area contributed by atoms with E-state index in [9.17, 15) is 15.3 Å². The molecule has 0 saturated carbocycles. The summed E-state index contributed by atoms with van der Waals surface area (Å²) in [4.78, 5) is 3.27. The Bertz CT molecular complexity index is 143.